The Morgan fingerprint density at radius 1 is 0.571 bits per heavy atom. The molecule has 0 saturated heterocycles. The Hall–Kier alpha value is -4.36. The summed E-state index contributed by atoms with van der Waals surface area (Å²) in [6, 6.07) is 22.0. The fraction of sp³-hybridized carbons (Fsp3) is 0.214. The first kappa shape index (κ1) is 32.2. The second-order valence-corrected chi connectivity index (χ2v) is 10.1. The van der Waals surface area contributed by atoms with Crippen molar-refractivity contribution in [3.05, 3.63) is 94.0 Å². The molecular formula is C28H38Cl2N12+2. The first-order valence-electron chi connectivity index (χ1n) is 13.2. The van der Waals surface area contributed by atoms with Gasteiger partial charge in [0.1, 0.15) is 0 Å². The topological polar surface area (TPSA) is 215 Å². The lowest BCUT2D eigenvalue weighted by Crippen LogP contribution is -2.56. The van der Waals surface area contributed by atoms with Crippen LogP contribution in [0.4, 0.5) is 11.4 Å². The Bertz CT molecular complexity index is 1290. The van der Waals surface area contributed by atoms with E-state index in [0.717, 1.165) is 11.1 Å². The van der Waals surface area contributed by atoms with E-state index in [-0.39, 0.29) is 23.8 Å². The number of nitrogens with zero attached hydrogens (tertiary/aromatic N) is 6. The van der Waals surface area contributed by atoms with Gasteiger partial charge < -0.3 is 44.2 Å². The molecule has 0 unspecified atom stereocenters. The third-order valence-corrected chi connectivity index (χ3v) is 6.38. The third-order valence-electron chi connectivity index (χ3n) is 5.87. The zero-order valence-electron chi connectivity index (χ0n) is 23.3. The number of quaternary nitrogens is 2. The minimum atomic E-state index is 0.0443. The first-order chi connectivity index (χ1) is 20.2. The maximum atomic E-state index is 6.29. The molecular weight excluding hydrogens is 575 g/mol. The lowest BCUT2D eigenvalue weighted by atomic mass is 10.1. The smallest absolute Gasteiger partial charge is 0.223 e. The minimum Gasteiger partial charge on any atom is -0.369 e. The molecule has 0 aliphatic heterocycles. The van der Waals surface area contributed by atoms with Gasteiger partial charge in [0.15, 0.2) is 11.9 Å². The van der Waals surface area contributed by atoms with Crippen LogP contribution in [0.15, 0.2) is 92.8 Å². The Balaban J connectivity index is 1.68. The molecule has 0 heterocycles. The van der Waals surface area contributed by atoms with Crippen LogP contribution in [0.25, 0.3) is 0 Å². The minimum absolute atomic E-state index is 0.0443. The van der Waals surface area contributed by atoms with E-state index in [1.54, 1.807) is 48.5 Å². The van der Waals surface area contributed by atoms with E-state index in [0.29, 0.717) is 60.7 Å². The fourth-order valence-corrected chi connectivity index (χ4v) is 4.10. The van der Waals surface area contributed by atoms with Gasteiger partial charge in [-0.1, -0.05) is 47.5 Å². The molecule has 0 radical (unpaired) electrons. The molecule has 0 aliphatic carbocycles. The Morgan fingerprint density at radius 2 is 0.905 bits per heavy atom. The Labute approximate surface area is 255 Å². The molecule has 14 N–H and O–H groups in total. The summed E-state index contributed by atoms with van der Waals surface area (Å²) < 4.78 is 0. The van der Waals surface area contributed by atoms with Crippen LogP contribution < -0.4 is 34.4 Å². The van der Waals surface area contributed by atoms with Gasteiger partial charge in [-0.05, 0) is 59.7 Å². The van der Waals surface area contributed by atoms with Crippen molar-refractivity contribution in [3.63, 3.8) is 0 Å². The Morgan fingerprint density at radius 3 is 1.21 bits per heavy atom. The van der Waals surface area contributed by atoms with Crippen LogP contribution in [0.3, 0.4) is 0 Å². The van der Waals surface area contributed by atoms with Gasteiger partial charge in [0, 0.05) is 23.1 Å². The molecule has 0 saturated carbocycles. The molecule has 14 heteroatoms. The van der Waals surface area contributed by atoms with Crippen molar-refractivity contribution in [2.24, 2.45) is 42.9 Å². The highest BCUT2D eigenvalue weighted by molar-refractivity contribution is 6.30. The molecule has 0 amide bonds. The van der Waals surface area contributed by atoms with Gasteiger partial charge in [0.25, 0.3) is 0 Å². The van der Waals surface area contributed by atoms with Crippen LogP contribution in [-0.4, -0.2) is 59.8 Å². The zero-order chi connectivity index (χ0) is 30.5. The summed E-state index contributed by atoms with van der Waals surface area (Å²) in [7, 11) is 0. The van der Waals surface area contributed by atoms with Gasteiger partial charge in [-0.25, -0.2) is 9.98 Å². The number of rotatable bonds is 10. The molecule has 12 nitrogen and oxygen atoms in total. The molecule has 0 spiro atoms. The predicted molar refractivity (Wildman–Crippen MR) is 171 cm³/mol. The molecule has 3 aromatic carbocycles. The summed E-state index contributed by atoms with van der Waals surface area (Å²) in [6.07, 6.45) is 0. The molecule has 3 rings (SSSR count). The number of guanidine groups is 4. The van der Waals surface area contributed by atoms with E-state index in [1.807, 2.05) is 34.1 Å². The van der Waals surface area contributed by atoms with Gasteiger partial charge in [-0.2, -0.15) is 9.98 Å². The highest BCUT2D eigenvalue weighted by Crippen LogP contribution is 2.17. The van der Waals surface area contributed by atoms with E-state index in [1.165, 1.54) is 0 Å². The molecule has 0 atom stereocenters. The van der Waals surface area contributed by atoms with E-state index in [4.69, 9.17) is 46.1 Å². The summed E-state index contributed by atoms with van der Waals surface area (Å²) in [4.78, 5) is 20.9. The second-order valence-electron chi connectivity index (χ2n) is 9.20. The average Bonchev–Trinajstić information content (AvgIpc) is 2.96. The number of benzene rings is 3. The summed E-state index contributed by atoms with van der Waals surface area (Å²) >= 11 is 11.9. The van der Waals surface area contributed by atoms with Crippen molar-refractivity contribution in [1.29, 1.82) is 0 Å². The average molecular weight is 614 g/mol. The van der Waals surface area contributed by atoms with Crippen LogP contribution in [-0.2, 0) is 13.1 Å². The second kappa shape index (κ2) is 16.2. The van der Waals surface area contributed by atoms with Crippen LogP contribution in [0, 0.1) is 0 Å². The number of hydrogen-bond acceptors (Lipinski definition) is 2. The maximum absolute atomic E-state index is 6.29. The van der Waals surface area contributed by atoms with Crippen molar-refractivity contribution in [1.82, 2.24) is 9.80 Å². The largest absolute Gasteiger partial charge is 0.369 e. The van der Waals surface area contributed by atoms with E-state index < -0.39 is 0 Å². The van der Waals surface area contributed by atoms with E-state index in [9.17, 15) is 0 Å². The van der Waals surface area contributed by atoms with Crippen LogP contribution >= 0.6 is 23.2 Å². The van der Waals surface area contributed by atoms with Crippen molar-refractivity contribution < 1.29 is 11.5 Å². The van der Waals surface area contributed by atoms with Crippen molar-refractivity contribution >= 4 is 58.4 Å². The number of halogens is 2. The summed E-state index contributed by atoms with van der Waals surface area (Å²) in [6.45, 7) is 3.48. The molecule has 0 aliphatic rings. The highest BCUT2D eigenvalue weighted by Gasteiger charge is 2.13. The molecule has 3 aromatic rings. The lowest BCUT2D eigenvalue weighted by Gasteiger charge is -2.23. The van der Waals surface area contributed by atoms with E-state index in [2.05, 4.69) is 31.4 Å². The zero-order valence-corrected chi connectivity index (χ0v) is 24.8. The summed E-state index contributed by atoms with van der Waals surface area (Å²) in [5, 5.41) is 1.22. The van der Waals surface area contributed by atoms with Crippen molar-refractivity contribution in [3.8, 4) is 0 Å². The normalized spacial score (nSPS) is 12.9. The Kier molecular flexibility index (Phi) is 12.4. The van der Waals surface area contributed by atoms with E-state index >= 15 is 0 Å². The van der Waals surface area contributed by atoms with Crippen molar-refractivity contribution in [2.45, 2.75) is 13.1 Å². The number of nitrogens with two attached hydrogens (primary N) is 4. The predicted octanol–water partition coefficient (Wildman–Crippen LogP) is 1.00. The summed E-state index contributed by atoms with van der Waals surface area (Å²) in [5.41, 5.74) is 35.8. The van der Waals surface area contributed by atoms with Gasteiger partial charge in [0.2, 0.25) is 11.9 Å². The van der Waals surface area contributed by atoms with Gasteiger partial charge in [0.05, 0.1) is 37.6 Å². The first-order valence-corrected chi connectivity index (χ1v) is 14.0. The van der Waals surface area contributed by atoms with Gasteiger partial charge in [-0.15, -0.1) is 0 Å². The molecule has 0 bridgehead atoms. The maximum Gasteiger partial charge on any atom is 0.223 e. The van der Waals surface area contributed by atoms with Crippen molar-refractivity contribution in [2.75, 3.05) is 26.2 Å². The SMILES string of the molecule is NC(=Nc1ccc(Cl)cc1)/N=C(\N)N(CC[NH3+])Cc1ccc(CN(CC[NH3+])/C(N)=N/C(N)=Nc2ccc(Cl)cc2)cc1. The van der Waals surface area contributed by atoms with Crippen LogP contribution in [0.1, 0.15) is 11.1 Å². The van der Waals surface area contributed by atoms with Crippen LogP contribution in [0.5, 0.6) is 0 Å². The number of aliphatic imine (C=N–C) groups is 4. The molecule has 0 fully saturated rings. The fourth-order valence-electron chi connectivity index (χ4n) is 3.84. The van der Waals surface area contributed by atoms with Gasteiger partial charge in [-0.3, -0.25) is 0 Å². The number of hydrogen-bond donors (Lipinski definition) is 6. The molecule has 42 heavy (non-hydrogen) atoms. The molecule has 0 aromatic heterocycles. The molecule has 222 valence electrons. The monoisotopic (exact) mass is 612 g/mol. The summed E-state index contributed by atoms with van der Waals surface area (Å²) in [5.74, 6) is 0.591. The quantitative estimate of drug-likeness (QED) is 0.145. The van der Waals surface area contributed by atoms with Gasteiger partial charge >= 0.3 is 0 Å². The lowest BCUT2D eigenvalue weighted by molar-refractivity contribution is -0.368. The highest BCUT2D eigenvalue weighted by atomic mass is 35.5. The third kappa shape index (κ3) is 10.6. The van der Waals surface area contributed by atoms with Crippen LogP contribution in [0.2, 0.25) is 10.0 Å². The standard InChI is InChI=1S/C28H36Cl2N12/c29-21-5-9-23(10-6-21)37-25(33)39-27(35)41(15-13-31)17-19-1-2-20(4-3-19)18-42(16-14-32)28(36)40-26(34)38-24-11-7-22(30)8-12-24/h1-12H,13-18,31-32H2,(H4,33,35,37,39)(H4,34,36,38,40)/p+2.